The predicted molar refractivity (Wildman–Crippen MR) is 107 cm³/mol. The van der Waals surface area contributed by atoms with Crippen LogP contribution in [0.5, 0.6) is 0 Å². The number of carbonyl (C=O) groups excluding carboxylic acids is 3. The summed E-state index contributed by atoms with van der Waals surface area (Å²) in [6, 6.07) is 4.64. The Hall–Kier alpha value is -3.44. The summed E-state index contributed by atoms with van der Waals surface area (Å²) in [5.41, 5.74) is 6.65. The maximum absolute atomic E-state index is 12.6. The molecular weight excluding hydrogens is 394 g/mol. The van der Waals surface area contributed by atoms with Crippen molar-refractivity contribution in [2.24, 2.45) is 5.73 Å². The number of aliphatic hydroxyl groups excluding tert-OH is 1. The smallest absolute Gasteiger partial charge is 0.326 e. The van der Waals surface area contributed by atoms with Crippen molar-refractivity contribution in [2.45, 2.75) is 31.5 Å². The number of fused-ring (bicyclic) bond motifs is 1. The molecule has 11 heteroatoms. The Balaban J connectivity index is 2.06. The molecular formula is C19H25N5O6. The Morgan fingerprint density at radius 3 is 2.47 bits per heavy atom. The molecule has 0 aliphatic carbocycles. The largest absolute Gasteiger partial charge is 0.480 e. The van der Waals surface area contributed by atoms with Crippen LogP contribution in [0.15, 0.2) is 30.5 Å². The zero-order valence-corrected chi connectivity index (χ0v) is 16.3. The van der Waals surface area contributed by atoms with Crippen molar-refractivity contribution in [3.05, 3.63) is 36.0 Å². The van der Waals surface area contributed by atoms with Gasteiger partial charge in [0, 0.05) is 23.5 Å². The Morgan fingerprint density at radius 1 is 1.13 bits per heavy atom. The van der Waals surface area contributed by atoms with E-state index in [1.165, 1.54) is 6.92 Å². The van der Waals surface area contributed by atoms with E-state index in [0.717, 1.165) is 10.9 Å². The molecule has 3 atom stereocenters. The molecule has 3 amide bonds. The van der Waals surface area contributed by atoms with Crippen LogP contribution in [0, 0.1) is 0 Å². The number of aliphatic carboxylic acids is 1. The lowest BCUT2D eigenvalue weighted by molar-refractivity contribution is -0.142. The van der Waals surface area contributed by atoms with Crippen molar-refractivity contribution in [1.82, 2.24) is 20.9 Å². The maximum Gasteiger partial charge on any atom is 0.326 e. The van der Waals surface area contributed by atoms with Gasteiger partial charge in [-0.15, -0.1) is 0 Å². The Morgan fingerprint density at radius 2 is 1.83 bits per heavy atom. The summed E-state index contributed by atoms with van der Waals surface area (Å²) in [5.74, 6) is -3.43. The first-order valence-electron chi connectivity index (χ1n) is 9.25. The van der Waals surface area contributed by atoms with Crippen LogP contribution in [-0.2, 0) is 25.6 Å². The van der Waals surface area contributed by atoms with E-state index in [1.807, 2.05) is 24.3 Å². The lowest BCUT2D eigenvalue weighted by Crippen LogP contribution is -2.57. The summed E-state index contributed by atoms with van der Waals surface area (Å²) < 4.78 is 0. The fourth-order valence-corrected chi connectivity index (χ4v) is 2.86. The molecule has 8 N–H and O–H groups in total. The minimum atomic E-state index is -1.41. The summed E-state index contributed by atoms with van der Waals surface area (Å²) in [5, 5.41) is 27.1. The highest BCUT2D eigenvalue weighted by Gasteiger charge is 2.30. The average molecular weight is 419 g/mol. The number of nitrogens with two attached hydrogens (primary N) is 1. The molecule has 0 saturated carbocycles. The van der Waals surface area contributed by atoms with Gasteiger partial charge >= 0.3 is 5.97 Å². The predicted octanol–water partition coefficient (Wildman–Crippen LogP) is -1.78. The minimum absolute atomic E-state index is 0.00187. The third kappa shape index (κ3) is 6.03. The lowest BCUT2D eigenvalue weighted by atomic mass is 10.0. The van der Waals surface area contributed by atoms with E-state index in [4.69, 9.17) is 5.73 Å². The first kappa shape index (κ1) is 22.8. The Labute approximate surface area is 172 Å². The first-order valence-corrected chi connectivity index (χ1v) is 9.25. The molecule has 2 aromatic rings. The normalized spacial score (nSPS) is 13.8. The van der Waals surface area contributed by atoms with E-state index in [2.05, 4.69) is 20.9 Å². The molecule has 3 unspecified atom stereocenters. The van der Waals surface area contributed by atoms with Gasteiger partial charge in [0.05, 0.1) is 19.2 Å². The van der Waals surface area contributed by atoms with Crippen LogP contribution >= 0.6 is 0 Å². The van der Waals surface area contributed by atoms with E-state index >= 15 is 0 Å². The first-order chi connectivity index (χ1) is 14.2. The second kappa shape index (κ2) is 10.4. The second-order valence-corrected chi connectivity index (χ2v) is 6.73. The van der Waals surface area contributed by atoms with Gasteiger partial charge in [-0.1, -0.05) is 18.2 Å². The van der Waals surface area contributed by atoms with Crippen molar-refractivity contribution >= 4 is 34.6 Å². The number of benzene rings is 1. The summed E-state index contributed by atoms with van der Waals surface area (Å²) in [4.78, 5) is 50.3. The van der Waals surface area contributed by atoms with E-state index in [9.17, 15) is 29.4 Å². The number of aromatic nitrogens is 1. The van der Waals surface area contributed by atoms with Gasteiger partial charge in [0.25, 0.3) is 0 Å². The minimum Gasteiger partial charge on any atom is -0.480 e. The summed E-state index contributed by atoms with van der Waals surface area (Å²) in [6.07, 6.45) is 0.362. The fraction of sp³-hybridized carbons (Fsp3) is 0.368. The van der Waals surface area contributed by atoms with E-state index in [-0.39, 0.29) is 13.0 Å². The molecule has 0 saturated heterocycles. The number of carbonyl (C=O) groups is 4. The molecule has 1 heterocycles. The molecule has 0 fully saturated rings. The molecule has 0 bridgehead atoms. The third-order valence-corrected chi connectivity index (χ3v) is 4.43. The number of hydrogen-bond acceptors (Lipinski definition) is 6. The topological polar surface area (TPSA) is 187 Å². The van der Waals surface area contributed by atoms with Gasteiger partial charge < -0.3 is 36.9 Å². The van der Waals surface area contributed by atoms with E-state index in [1.54, 1.807) is 6.20 Å². The third-order valence-electron chi connectivity index (χ3n) is 4.43. The van der Waals surface area contributed by atoms with Crippen LogP contribution in [0.4, 0.5) is 0 Å². The van der Waals surface area contributed by atoms with Crippen molar-refractivity contribution in [2.75, 3.05) is 13.1 Å². The van der Waals surface area contributed by atoms with Crippen molar-refractivity contribution in [1.29, 1.82) is 0 Å². The van der Waals surface area contributed by atoms with Gasteiger partial charge in [-0.2, -0.15) is 0 Å². The molecule has 0 spiro atoms. The monoisotopic (exact) mass is 419 g/mol. The maximum atomic E-state index is 12.6. The number of aliphatic hydroxyl groups is 1. The number of carboxylic acids is 1. The fourth-order valence-electron chi connectivity index (χ4n) is 2.86. The van der Waals surface area contributed by atoms with Crippen LogP contribution in [-0.4, -0.2) is 70.2 Å². The van der Waals surface area contributed by atoms with Gasteiger partial charge in [-0.3, -0.25) is 14.4 Å². The van der Waals surface area contributed by atoms with Crippen LogP contribution in [0.2, 0.25) is 0 Å². The quantitative estimate of drug-likeness (QED) is 0.237. The highest BCUT2D eigenvalue weighted by Crippen LogP contribution is 2.19. The lowest BCUT2D eigenvalue weighted by Gasteiger charge is -2.23. The molecule has 30 heavy (non-hydrogen) atoms. The molecule has 0 aliphatic rings. The molecule has 1 aromatic heterocycles. The molecule has 11 nitrogen and oxygen atoms in total. The number of hydrogen-bond donors (Lipinski definition) is 7. The van der Waals surface area contributed by atoms with Gasteiger partial charge in [0.15, 0.2) is 0 Å². The average Bonchev–Trinajstić information content (AvgIpc) is 3.12. The number of rotatable bonds is 10. The Bertz CT molecular complexity index is 925. The van der Waals surface area contributed by atoms with Crippen LogP contribution in [0.1, 0.15) is 12.5 Å². The second-order valence-electron chi connectivity index (χ2n) is 6.73. The van der Waals surface area contributed by atoms with Crippen molar-refractivity contribution in [3.63, 3.8) is 0 Å². The van der Waals surface area contributed by atoms with E-state index in [0.29, 0.717) is 5.56 Å². The molecule has 162 valence electrons. The summed E-state index contributed by atoms with van der Waals surface area (Å²) in [7, 11) is 0. The molecule has 0 radical (unpaired) electrons. The van der Waals surface area contributed by atoms with Gasteiger partial charge in [-0.25, -0.2) is 4.79 Å². The SMILES string of the molecule is CC(O)C(NC(=O)CNC(=O)CN)C(=O)NC(Cc1c[nH]c2ccccc12)C(=O)O. The zero-order chi connectivity index (χ0) is 22.3. The van der Waals surface area contributed by atoms with Crippen LogP contribution in [0.3, 0.4) is 0 Å². The number of nitrogens with one attached hydrogen (secondary N) is 4. The van der Waals surface area contributed by atoms with Crippen LogP contribution < -0.4 is 21.7 Å². The summed E-state index contributed by atoms with van der Waals surface area (Å²) in [6.45, 7) is 0.532. The van der Waals surface area contributed by atoms with Gasteiger partial charge in [0.2, 0.25) is 17.7 Å². The number of carboxylic acid groups (broad SMARTS) is 1. The zero-order valence-electron chi connectivity index (χ0n) is 16.3. The number of amides is 3. The number of H-pyrrole nitrogens is 1. The number of aromatic amines is 1. The standard InChI is InChI=1S/C19H25N5O6/c1-10(25)17(24-16(27)9-22-15(26)7-20)18(28)23-14(19(29)30)6-11-8-21-13-5-3-2-4-12(11)13/h2-5,8,10,14,17,21,25H,6-7,9,20H2,1H3,(H,22,26)(H,23,28)(H,24,27)(H,29,30). The molecule has 2 rings (SSSR count). The number of para-hydroxylation sites is 1. The van der Waals surface area contributed by atoms with Crippen LogP contribution in [0.25, 0.3) is 10.9 Å². The molecule has 0 aliphatic heterocycles. The Kier molecular flexibility index (Phi) is 7.90. The van der Waals surface area contributed by atoms with Crippen molar-refractivity contribution < 1.29 is 29.4 Å². The van der Waals surface area contributed by atoms with Crippen molar-refractivity contribution in [3.8, 4) is 0 Å². The van der Waals surface area contributed by atoms with Gasteiger partial charge in [0.1, 0.15) is 12.1 Å². The molecule has 1 aromatic carbocycles. The highest BCUT2D eigenvalue weighted by molar-refractivity contribution is 5.93. The highest BCUT2D eigenvalue weighted by atomic mass is 16.4. The van der Waals surface area contributed by atoms with Gasteiger partial charge in [-0.05, 0) is 18.6 Å². The van der Waals surface area contributed by atoms with E-state index < -0.39 is 48.4 Å². The summed E-state index contributed by atoms with van der Waals surface area (Å²) >= 11 is 0.